The Morgan fingerprint density at radius 2 is 1.84 bits per heavy atom. The molecule has 0 unspecified atom stereocenters. The second-order valence-corrected chi connectivity index (χ2v) is 8.71. The van der Waals surface area contributed by atoms with Crippen molar-refractivity contribution < 1.29 is 13.9 Å². The van der Waals surface area contributed by atoms with Gasteiger partial charge in [0.05, 0.1) is 24.8 Å². The Bertz CT molecular complexity index is 1100. The monoisotopic (exact) mass is 430 g/mol. The first-order valence-corrected chi connectivity index (χ1v) is 11.4. The van der Waals surface area contributed by atoms with Gasteiger partial charge in [0, 0.05) is 12.7 Å². The van der Waals surface area contributed by atoms with Crippen LogP contribution in [0.1, 0.15) is 53.3 Å². The summed E-state index contributed by atoms with van der Waals surface area (Å²) >= 11 is 0. The summed E-state index contributed by atoms with van der Waals surface area (Å²) in [4.78, 5) is 19.8. The minimum absolute atomic E-state index is 0.0309. The van der Waals surface area contributed by atoms with Crippen LogP contribution in [0.5, 0.6) is 5.75 Å². The molecule has 3 aromatic rings. The zero-order chi connectivity index (χ0) is 21.9. The van der Waals surface area contributed by atoms with E-state index in [4.69, 9.17) is 4.74 Å². The predicted octanol–water partition coefficient (Wildman–Crippen LogP) is 5.04. The van der Waals surface area contributed by atoms with Gasteiger partial charge in [0.15, 0.2) is 0 Å². The SMILES string of the molecule is O=C(Cc1ccc2c(c1)CCCO2)N1CCC[C@@H]1c1ccc(Cc2ccc(F)cc2)cn1. The molecule has 1 amide bonds. The number of fused-ring (bicyclic) bond motifs is 1. The van der Waals surface area contributed by atoms with Crippen LogP contribution >= 0.6 is 0 Å². The van der Waals surface area contributed by atoms with Crippen molar-refractivity contribution in [2.75, 3.05) is 13.2 Å². The number of carbonyl (C=O) groups is 1. The number of benzene rings is 2. The van der Waals surface area contributed by atoms with E-state index in [0.29, 0.717) is 12.8 Å². The van der Waals surface area contributed by atoms with Crippen molar-refractivity contribution in [2.24, 2.45) is 0 Å². The van der Waals surface area contributed by atoms with E-state index in [-0.39, 0.29) is 17.8 Å². The summed E-state index contributed by atoms with van der Waals surface area (Å²) in [5.74, 6) is 0.884. The third-order valence-corrected chi connectivity index (χ3v) is 6.41. The fourth-order valence-electron chi connectivity index (χ4n) is 4.75. The lowest BCUT2D eigenvalue weighted by Crippen LogP contribution is -2.32. The zero-order valence-corrected chi connectivity index (χ0v) is 18.1. The maximum atomic E-state index is 13.1. The molecule has 164 valence electrons. The molecule has 0 N–H and O–H groups in total. The molecule has 0 saturated carbocycles. The Morgan fingerprint density at radius 3 is 2.66 bits per heavy atom. The molecule has 4 nitrogen and oxygen atoms in total. The predicted molar refractivity (Wildman–Crippen MR) is 121 cm³/mol. The quantitative estimate of drug-likeness (QED) is 0.569. The van der Waals surface area contributed by atoms with Crippen LogP contribution in [0.3, 0.4) is 0 Å². The Morgan fingerprint density at radius 1 is 1.03 bits per heavy atom. The van der Waals surface area contributed by atoms with Gasteiger partial charge in [-0.25, -0.2) is 4.39 Å². The van der Waals surface area contributed by atoms with E-state index >= 15 is 0 Å². The Kier molecular flexibility index (Phi) is 5.89. The number of hydrogen-bond donors (Lipinski definition) is 0. The summed E-state index contributed by atoms with van der Waals surface area (Å²) in [6, 6.07) is 16.8. The van der Waals surface area contributed by atoms with E-state index in [9.17, 15) is 9.18 Å². The maximum absolute atomic E-state index is 13.1. The second kappa shape index (κ2) is 9.11. The first kappa shape index (κ1) is 20.7. The van der Waals surface area contributed by atoms with Crippen LogP contribution < -0.4 is 4.74 Å². The summed E-state index contributed by atoms with van der Waals surface area (Å²) in [7, 11) is 0. The second-order valence-electron chi connectivity index (χ2n) is 8.71. The van der Waals surface area contributed by atoms with Gasteiger partial charge in [0.25, 0.3) is 0 Å². The summed E-state index contributed by atoms with van der Waals surface area (Å²) in [6.07, 6.45) is 6.97. The number of aryl methyl sites for hydroxylation is 1. The number of aromatic nitrogens is 1. The van der Waals surface area contributed by atoms with Gasteiger partial charge in [-0.15, -0.1) is 0 Å². The summed E-state index contributed by atoms with van der Waals surface area (Å²) in [5.41, 5.74) is 5.32. The fraction of sp³-hybridized carbons (Fsp3) is 0.333. The number of ether oxygens (including phenoxy) is 1. The Labute approximate surface area is 188 Å². The molecule has 5 heteroatoms. The molecule has 0 radical (unpaired) electrons. The van der Waals surface area contributed by atoms with Crippen LogP contribution in [0.2, 0.25) is 0 Å². The number of hydrogen-bond acceptors (Lipinski definition) is 3. The first-order chi connectivity index (χ1) is 15.7. The standard InChI is InChI=1S/C27H27FN2O2/c28-23-9-5-19(6-10-23)15-21-7-11-24(29-18-21)25-4-1-13-30(25)27(31)17-20-8-12-26-22(16-20)3-2-14-32-26/h5-12,16,18,25H,1-4,13-15,17H2/t25-/m1/s1. The smallest absolute Gasteiger partial charge is 0.227 e. The first-order valence-electron chi connectivity index (χ1n) is 11.4. The van der Waals surface area contributed by atoms with Crippen molar-refractivity contribution in [2.45, 2.75) is 44.6 Å². The van der Waals surface area contributed by atoms with Gasteiger partial charge in [-0.05, 0) is 78.6 Å². The minimum Gasteiger partial charge on any atom is -0.493 e. The molecule has 1 fully saturated rings. The summed E-state index contributed by atoms with van der Waals surface area (Å²) < 4.78 is 18.8. The number of pyridine rings is 1. The number of rotatable bonds is 5. The summed E-state index contributed by atoms with van der Waals surface area (Å²) in [5, 5.41) is 0. The minimum atomic E-state index is -0.225. The van der Waals surface area contributed by atoms with Crippen LogP contribution in [0, 0.1) is 5.82 Å². The highest BCUT2D eigenvalue weighted by molar-refractivity contribution is 5.79. The average Bonchev–Trinajstić information content (AvgIpc) is 3.31. The topological polar surface area (TPSA) is 42.4 Å². The summed E-state index contributed by atoms with van der Waals surface area (Å²) in [6.45, 7) is 1.55. The van der Waals surface area contributed by atoms with Gasteiger partial charge in [-0.1, -0.05) is 30.3 Å². The lowest BCUT2D eigenvalue weighted by atomic mass is 10.0. The molecule has 2 aromatic carbocycles. The number of amides is 1. The highest BCUT2D eigenvalue weighted by Gasteiger charge is 2.30. The Hall–Kier alpha value is -3.21. The van der Waals surface area contributed by atoms with E-state index in [0.717, 1.165) is 67.0 Å². The zero-order valence-electron chi connectivity index (χ0n) is 18.1. The van der Waals surface area contributed by atoms with Crippen molar-refractivity contribution in [1.82, 2.24) is 9.88 Å². The molecular formula is C27H27FN2O2. The largest absolute Gasteiger partial charge is 0.493 e. The Balaban J connectivity index is 1.25. The van der Waals surface area contributed by atoms with Gasteiger partial charge < -0.3 is 9.64 Å². The van der Waals surface area contributed by atoms with Gasteiger partial charge in [-0.2, -0.15) is 0 Å². The van der Waals surface area contributed by atoms with Crippen molar-refractivity contribution in [3.05, 3.63) is 94.6 Å². The third-order valence-electron chi connectivity index (χ3n) is 6.41. The highest BCUT2D eigenvalue weighted by atomic mass is 19.1. The van der Waals surface area contributed by atoms with E-state index < -0.39 is 0 Å². The van der Waals surface area contributed by atoms with Gasteiger partial charge in [0.2, 0.25) is 5.91 Å². The molecule has 0 spiro atoms. The molecule has 32 heavy (non-hydrogen) atoms. The fourth-order valence-corrected chi connectivity index (χ4v) is 4.75. The van der Waals surface area contributed by atoms with Crippen LogP contribution in [-0.4, -0.2) is 28.9 Å². The van der Waals surface area contributed by atoms with Crippen LogP contribution in [0.25, 0.3) is 0 Å². The van der Waals surface area contributed by atoms with E-state index in [1.54, 1.807) is 12.1 Å². The van der Waals surface area contributed by atoms with Gasteiger partial charge in [0.1, 0.15) is 11.6 Å². The van der Waals surface area contributed by atoms with E-state index in [1.807, 2.05) is 29.3 Å². The highest BCUT2D eigenvalue weighted by Crippen LogP contribution is 2.32. The molecule has 0 aliphatic carbocycles. The molecule has 1 atom stereocenters. The molecule has 2 aliphatic rings. The van der Waals surface area contributed by atoms with Crippen LogP contribution in [-0.2, 0) is 24.1 Å². The maximum Gasteiger partial charge on any atom is 0.227 e. The number of halogens is 1. The van der Waals surface area contributed by atoms with Gasteiger partial charge in [-0.3, -0.25) is 9.78 Å². The van der Waals surface area contributed by atoms with E-state index in [2.05, 4.69) is 17.1 Å². The molecule has 1 saturated heterocycles. The molecule has 2 aliphatic heterocycles. The molecule has 1 aromatic heterocycles. The molecule has 3 heterocycles. The number of carbonyl (C=O) groups excluding carboxylic acids is 1. The normalized spacial score (nSPS) is 17.7. The van der Waals surface area contributed by atoms with E-state index in [1.165, 1.54) is 17.7 Å². The van der Waals surface area contributed by atoms with Crippen molar-refractivity contribution >= 4 is 5.91 Å². The van der Waals surface area contributed by atoms with Gasteiger partial charge >= 0.3 is 0 Å². The van der Waals surface area contributed by atoms with Crippen molar-refractivity contribution in [3.63, 3.8) is 0 Å². The van der Waals surface area contributed by atoms with Crippen LogP contribution in [0.15, 0.2) is 60.8 Å². The molecular weight excluding hydrogens is 403 g/mol. The lowest BCUT2D eigenvalue weighted by molar-refractivity contribution is -0.131. The average molecular weight is 431 g/mol. The third kappa shape index (κ3) is 4.52. The van der Waals surface area contributed by atoms with Crippen molar-refractivity contribution in [1.29, 1.82) is 0 Å². The number of likely N-dealkylation sites (tertiary alicyclic amines) is 1. The number of nitrogens with zero attached hydrogens (tertiary/aromatic N) is 2. The lowest BCUT2D eigenvalue weighted by Gasteiger charge is -2.25. The molecule has 5 rings (SSSR count). The van der Waals surface area contributed by atoms with Crippen molar-refractivity contribution in [3.8, 4) is 5.75 Å². The molecule has 0 bridgehead atoms. The van der Waals surface area contributed by atoms with Crippen LogP contribution in [0.4, 0.5) is 4.39 Å².